The van der Waals surface area contributed by atoms with Crippen LogP contribution in [0.25, 0.3) is 0 Å². The Bertz CT molecular complexity index is 407. The number of nitrogens with one attached hydrogen (secondary N) is 2. The maximum absolute atomic E-state index is 11.9. The van der Waals surface area contributed by atoms with Gasteiger partial charge in [-0.25, -0.2) is 0 Å². The van der Waals surface area contributed by atoms with E-state index in [9.17, 15) is 4.79 Å². The van der Waals surface area contributed by atoms with Crippen molar-refractivity contribution in [1.29, 1.82) is 0 Å². The Balaban J connectivity index is 1.83. The van der Waals surface area contributed by atoms with E-state index in [2.05, 4.69) is 38.4 Å². The predicted molar refractivity (Wildman–Crippen MR) is 76.7 cm³/mol. The molecule has 0 aliphatic carbocycles. The number of halogens is 1. The summed E-state index contributed by atoms with van der Waals surface area (Å²) in [5.41, 5.74) is 0.839. The fourth-order valence-electron chi connectivity index (χ4n) is 2.09. The summed E-state index contributed by atoms with van der Waals surface area (Å²) < 4.78 is 1.01. The summed E-state index contributed by atoms with van der Waals surface area (Å²) in [6.07, 6.45) is 0. The van der Waals surface area contributed by atoms with Gasteiger partial charge in [-0.1, -0.05) is 15.9 Å². The lowest BCUT2D eigenvalue weighted by Gasteiger charge is -2.31. The van der Waals surface area contributed by atoms with Crippen molar-refractivity contribution < 1.29 is 4.79 Å². The lowest BCUT2D eigenvalue weighted by Crippen LogP contribution is -2.51. The summed E-state index contributed by atoms with van der Waals surface area (Å²) >= 11 is 3.37. The fourth-order valence-corrected chi connectivity index (χ4v) is 2.36. The van der Waals surface area contributed by atoms with Gasteiger partial charge < -0.3 is 10.6 Å². The van der Waals surface area contributed by atoms with Crippen LogP contribution in [0.4, 0.5) is 5.69 Å². The minimum atomic E-state index is 0.0476. The van der Waals surface area contributed by atoms with Crippen LogP contribution in [0.3, 0.4) is 0 Å². The van der Waals surface area contributed by atoms with Crippen LogP contribution in [0.15, 0.2) is 28.7 Å². The Morgan fingerprint density at radius 2 is 2.22 bits per heavy atom. The quantitative estimate of drug-likeness (QED) is 0.892. The monoisotopic (exact) mass is 311 g/mol. The minimum absolute atomic E-state index is 0.0476. The maximum atomic E-state index is 11.9. The van der Waals surface area contributed by atoms with E-state index in [4.69, 9.17) is 0 Å². The van der Waals surface area contributed by atoms with Crippen LogP contribution in [0.2, 0.25) is 0 Å². The van der Waals surface area contributed by atoms with Crippen LogP contribution < -0.4 is 10.6 Å². The molecule has 0 saturated carbocycles. The van der Waals surface area contributed by atoms with E-state index in [-0.39, 0.29) is 5.91 Å². The van der Waals surface area contributed by atoms with Crippen LogP contribution in [-0.4, -0.2) is 43.0 Å². The summed E-state index contributed by atoms with van der Waals surface area (Å²) in [5.74, 6) is 0.0476. The van der Waals surface area contributed by atoms with E-state index in [1.54, 1.807) is 0 Å². The van der Waals surface area contributed by atoms with E-state index in [1.807, 2.05) is 24.3 Å². The second kappa shape index (κ2) is 6.31. The molecule has 0 bridgehead atoms. The summed E-state index contributed by atoms with van der Waals surface area (Å²) in [5, 5.41) is 6.27. The standard InChI is InChI=1S/C13H18BrN3O/c1-10-8-17(7-6-15-10)9-13(18)16-12-4-2-11(14)3-5-12/h2-5,10,15H,6-9H2,1H3,(H,16,18)/t10-/m1/s1. The van der Waals surface area contributed by atoms with Gasteiger partial charge in [0.1, 0.15) is 0 Å². The number of benzene rings is 1. The normalized spacial score (nSPS) is 20.7. The molecule has 1 atom stereocenters. The zero-order chi connectivity index (χ0) is 13.0. The molecular weight excluding hydrogens is 294 g/mol. The van der Waals surface area contributed by atoms with Crippen LogP contribution in [0.1, 0.15) is 6.92 Å². The number of carbonyl (C=O) groups excluding carboxylic acids is 1. The Morgan fingerprint density at radius 1 is 1.50 bits per heavy atom. The van der Waals surface area contributed by atoms with E-state index in [0.717, 1.165) is 29.8 Å². The van der Waals surface area contributed by atoms with Crippen molar-refractivity contribution in [2.75, 3.05) is 31.5 Å². The summed E-state index contributed by atoms with van der Waals surface area (Å²) in [7, 11) is 0. The van der Waals surface area contributed by atoms with Crippen molar-refractivity contribution in [2.45, 2.75) is 13.0 Å². The van der Waals surface area contributed by atoms with Gasteiger partial charge in [0.2, 0.25) is 5.91 Å². The molecule has 98 valence electrons. The van der Waals surface area contributed by atoms with Crippen molar-refractivity contribution in [3.63, 3.8) is 0 Å². The van der Waals surface area contributed by atoms with Crippen molar-refractivity contribution >= 4 is 27.5 Å². The fraction of sp³-hybridized carbons (Fsp3) is 0.462. The zero-order valence-corrected chi connectivity index (χ0v) is 12.0. The smallest absolute Gasteiger partial charge is 0.238 e. The molecule has 1 fully saturated rings. The highest BCUT2D eigenvalue weighted by Crippen LogP contribution is 2.14. The average Bonchev–Trinajstić information content (AvgIpc) is 2.32. The first-order valence-corrected chi connectivity index (χ1v) is 6.94. The summed E-state index contributed by atoms with van der Waals surface area (Å²) in [4.78, 5) is 14.1. The van der Waals surface area contributed by atoms with Gasteiger partial charge in [0.15, 0.2) is 0 Å². The summed E-state index contributed by atoms with van der Waals surface area (Å²) in [6, 6.07) is 8.08. The second-order valence-electron chi connectivity index (χ2n) is 4.65. The Labute approximate surface area is 116 Å². The minimum Gasteiger partial charge on any atom is -0.325 e. The molecule has 0 radical (unpaired) electrons. The van der Waals surface area contributed by atoms with E-state index < -0.39 is 0 Å². The highest BCUT2D eigenvalue weighted by Gasteiger charge is 2.17. The molecular formula is C13H18BrN3O. The molecule has 2 N–H and O–H groups in total. The predicted octanol–water partition coefficient (Wildman–Crippen LogP) is 1.68. The van der Waals surface area contributed by atoms with Crippen molar-refractivity contribution in [1.82, 2.24) is 10.2 Å². The van der Waals surface area contributed by atoms with Crippen LogP contribution in [-0.2, 0) is 4.79 Å². The first-order chi connectivity index (χ1) is 8.63. The molecule has 1 heterocycles. The zero-order valence-electron chi connectivity index (χ0n) is 10.4. The number of hydrogen-bond acceptors (Lipinski definition) is 3. The van der Waals surface area contributed by atoms with Gasteiger partial charge in [0, 0.05) is 35.8 Å². The molecule has 18 heavy (non-hydrogen) atoms. The van der Waals surface area contributed by atoms with Gasteiger partial charge in [-0.2, -0.15) is 0 Å². The van der Waals surface area contributed by atoms with Gasteiger partial charge in [0.05, 0.1) is 6.54 Å². The molecule has 2 rings (SSSR count). The van der Waals surface area contributed by atoms with Gasteiger partial charge >= 0.3 is 0 Å². The Hall–Kier alpha value is -0.910. The molecule has 1 aromatic carbocycles. The largest absolute Gasteiger partial charge is 0.325 e. The molecule has 1 aliphatic heterocycles. The van der Waals surface area contributed by atoms with Crippen molar-refractivity contribution in [3.8, 4) is 0 Å². The molecule has 1 saturated heterocycles. The molecule has 1 aromatic rings. The molecule has 1 amide bonds. The number of piperazine rings is 1. The lowest BCUT2D eigenvalue weighted by molar-refractivity contribution is -0.117. The SMILES string of the molecule is C[C@@H]1CN(CC(=O)Nc2ccc(Br)cc2)CCN1. The summed E-state index contributed by atoms with van der Waals surface area (Å²) in [6.45, 7) is 5.40. The molecule has 4 nitrogen and oxygen atoms in total. The number of anilines is 1. The third-order valence-corrected chi connectivity index (χ3v) is 3.48. The number of carbonyl (C=O) groups is 1. The average molecular weight is 312 g/mol. The van der Waals surface area contributed by atoms with Gasteiger partial charge in [-0.05, 0) is 31.2 Å². The lowest BCUT2D eigenvalue weighted by atomic mass is 10.2. The van der Waals surface area contributed by atoms with Crippen LogP contribution in [0, 0.1) is 0 Å². The molecule has 0 unspecified atom stereocenters. The van der Waals surface area contributed by atoms with Crippen LogP contribution >= 0.6 is 15.9 Å². The Morgan fingerprint density at radius 3 is 2.89 bits per heavy atom. The van der Waals surface area contributed by atoms with E-state index in [1.165, 1.54) is 0 Å². The van der Waals surface area contributed by atoms with Gasteiger partial charge in [0.25, 0.3) is 0 Å². The number of amides is 1. The van der Waals surface area contributed by atoms with E-state index in [0.29, 0.717) is 12.6 Å². The molecule has 0 aromatic heterocycles. The molecule has 0 spiro atoms. The number of hydrogen-bond donors (Lipinski definition) is 2. The van der Waals surface area contributed by atoms with E-state index >= 15 is 0 Å². The molecule has 5 heteroatoms. The first-order valence-electron chi connectivity index (χ1n) is 6.14. The molecule has 1 aliphatic rings. The number of rotatable bonds is 3. The third kappa shape index (κ3) is 4.08. The van der Waals surface area contributed by atoms with Crippen molar-refractivity contribution in [3.05, 3.63) is 28.7 Å². The highest BCUT2D eigenvalue weighted by atomic mass is 79.9. The Kier molecular flexibility index (Phi) is 4.74. The first kappa shape index (κ1) is 13.5. The highest BCUT2D eigenvalue weighted by molar-refractivity contribution is 9.10. The van der Waals surface area contributed by atoms with Gasteiger partial charge in [-0.3, -0.25) is 9.69 Å². The number of nitrogens with zero attached hydrogens (tertiary/aromatic N) is 1. The second-order valence-corrected chi connectivity index (χ2v) is 5.56. The maximum Gasteiger partial charge on any atom is 0.238 e. The third-order valence-electron chi connectivity index (χ3n) is 2.95. The van der Waals surface area contributed by atoms with Gasteiger partial charge in [-0.15, -0.1) is 0 Å². The van der Waals surface area contributed by atoms with Crippen molar-refractivity contribution in [2.24, 2.45) is 0 Å². The topological polar surface area (TPSA) is 44.4 Å². The van der Waals surface area contributed by atoms with Crippen LogP contribution in [0.5, 0.6) is 0 Å².